The van der Waals surface area contributed by atoms with Crippen molar-refractivity contribution < 1.29 is 14.3 Å². The van der Waals surface area contributed by atoms with Gasteiger partial charge in [-0.1, -0.05) is 60.7 Å². The number of amides is 1. The fourth-order valence-electron chi connectivity index (χ4n) is 2.28. The molecule has 1 aromatic heterocycles. The summed E-state index contributed by atoms with van der Waals surface area (Å²) in [5.74, 6) is -1.00. The molecule has 1 heterocycles. The third-order valence-corrected chi connectivity index (χ3v) is 4.44. The molecule has 2 aromatic carbocycles. The second-order valence-electron chi connectivity index (χ2n) is 5.72. The molecule has 0 aliphatic rings. The molecule has 136 valence electrons. The molecular formula is C21H18N2O3S. The highest BCUT2D eigenvalue weighted by atomic mass is 32.1. The van der Waals surface area contributed by atoms with Crippen LogP contribution in [0.4, 0.5) is 5.13 Å². The highest BCUT2D eigenvalue weighted by molar-refractivity contribution is 7.14. The van der Waals surface area contributed by atoms with Gasteiger partial charge in [0.1, 0.15) is 0 Å². The average Bonchev–Trinajstić information content (AvgIpc) is 3.16. The first kappa shape index (κ1) is 18.5. The fraction of sp³-hybridized carbons (Fsp3) is 0.0952. The van der Waals surface area contributed by atoms with E-state index in [-0.39, 0.29) is 0 Å². The van der Waals surface area contributed by atoms with Crippen LogP contribution >= 0.6 is 11.3 Å². The van der Waals surface area contributed by atoms with Crippen molar-refractivity contribution in [2.24, 2.45) is 0 Å². The van der Waals surface area contributed by atoms with Crippen LogP contribution in [0.25, 0.3) is 17.3 Å². The molecule has 3 aromatic rings. The van der Waals surface area contributed by atoms with Gasteiger partial charge in [-0.2, -0.15) is 0 Å². The van der Waals surface area contributed by atoms with Gasteiger partial charge < -0.3 is 4.74 Å². The topological polar surface area (TPSA) is 68.3 Å². The predicted molar refractivity (Wildman–Crippen MR) is 107 cm³/mol. The molecule has 0 aliphatic carbocycles. The van der Waals surface area contributed by atoms with E-state index in [0.29, 0.717) is 5.13 Å². The molecule has 27 heavy (non-hydrogen) atoms. The molecule has 6 heteroatoms. The van der Waals surface area contributed by atoms with Crippen molar-refractivity contribution >= 4 is 34.4 Å². The summed E-state index contributed by atoms with van der Waals surface area (Å²) in [4.78, 5) is 28.5. The summed E-state index contributed by atoms with van der Waals surface area (Å²) in [5, 5.41) is 5.00. The SMILES string of the molecule is C[C@H](OC(=O)/C=C/c1ccccc1)C(=O)Nc1nc(-c2ccccc2)cs1. The van der Waals surface area contributed by atoms with Crippen LogP contribution in [0.3, 0.4) is 0 Å². The lowest BCUT2D eigenvalue weighted by Gasteiger charge is -2.10. The number of hydrogen-bond acceptors (Lipinski definition) is 5. The molecule has 0 aliphatic heterocycles. The largest absolute Gasteiger partial charge is 0.449 e. The first-order valence-electron chi connectivity index (χ1n) is 8.37. The van der Waals surface area contributed by atoms with Gasteiger partial charge in [0.2, 0.25) is 0 Å². The van der Waals surface area contributed by atoms with E-state index in [9.17, 15) is 9.59 Å². The van der Waals surface area contributed by atoms with Crippen LogP contribution in [0, 0.1) is 0 Å². The minimum absolute atomic E-state index is 0.426. The number of nitrogens with zero attached hydrogens (tertiary/aromatic N) is 1. The molecule has 1 N–H and O–H groups in total. The van der Waals surface area contributed by atoms with E-state index in [0.717, 1.165) is 16.8 Å². The van der Waals surface area contributed by atoms with Crippen molar-refractivity contribution in [3.8, 4) is 11.3 Å². The number of carbonyl (C=O) groups is 2. The molecule has 0 radical (unpaired) electrons. The van der Waals surface area contributed by atoms with Crippen LogP contribution < -0.4 is 5.32 Å². The highest BCUT2D eigenvalue weighted by Gasteiger charge is 2.18. The molecule has 0 unspecified atom stereocenters. The van der Waals surface area contributed by atoms with Gasteiger partial charge in [0.05, 0.1) is 5.69 Å². The Hall–Kier alpha value is -3.25. The zero-order chi connectivity index (χ0) is 19.1. The van der Waals surface area contributed by atoms with E-state index in [1.807, 2.05) is 66.0 Å². The number of anilines is 1. The summed E-state index contributed by atoms with van der Waals surface area (Å²) in [6, 6.07) is 19.1. The van der Waals surface area contributed by atoms with Gasteiger partial charge in [0, 0.05) is 17.0 Å². The Kier molecular flexibility index (Phi) is 6.12. The quantitative estimate of drug-likeness (QED) is 0.510. The molecule has 0 bridgehead atoms. The number of rotatable bonds is 6. The standard InChI is InChI=1S/C21H18N2O3S/c1-15(26-19(24)13-12-16-8-4-2-5-9-16)20(25)23-21-22-18(14-27-21)17-10-6-3-7-11-17/h2-15H,1H3,(H,22,23,25)/b13-12+/t15-/m0/s1. The van der Waals surface area contributed by atoms with Gasteiger partial charge >= 0.3 is 5.97 Å². The lowest BCUT2D eigenvalue weighted by molar-refractivity contribution is -0.148. The van der Waals surface area contributed by atoms with Gasteiger partial charge in [0.15, 0.2) is 11.2 Å². The second kappa shape index (κ2) is 8.91. The first-order chi connectivity index (χ1) is 13.1. The third kappa shape index (κ3) is 5.36. The van der Waals surface area contributed by atoms with Crippen LogP contribution in [0.1, 0.15) is 12.5 Å². The molecule has 0 fully saturated rings. The van der Waals surface area contributed by atoms with E-state index >= 15 is 0 Å². The van der Waals surface area contributed by atoms with E-state index < -0.39 is 18.0 Å². The fourth-order valence-corrected chi connectivity index (χ4v) is 3.00. The van der Waals surface area contributed by atoms with Gasteiger partial charge in [0.25, 0.3) is 5.91 Å². The molecule has 5 nitrogen and oxygen atoms in total. The van der Waals surface area contributed by atoms with Gasteiger partial charge in [-0.15, -0.1) is 11.3 Å². The number of benzene rings is 2. The van der Waals surface area contributed by atoms with Crippen LogP contribution in [-0.2, 0) is 14.3 Å². The second-order valence-corrected chi connectivity index (χ2v) is 6.57. The molecule has 0 saturated carbocycles. The van der Waals surface area contributed by atoms with Crippen LogP contribution in [0.2, 0.25) is 0 Å². The molecule has 1 amide bonds. The summed E-state index contributed by atoms with van der Waals surface area (Å²) in [5.41, 5.74) is 2.63. The monoisotopic (exact) mass is 378 g/mol. The summed E-state index contributed by atoms with van der Waals surface area (Å²) < 4.78 is 5.14. The minimum Gasteiger partial charge on any atom is -0.449 e. The highest BCUT2D eigenvalue weighted by Crippen LogP contribution is 2.24. The van der Waals surface area contributed by atoms with Crippen molar-refractivity contribution in [1.82, 2.24) is 4.98 Å². The first-order valence-corrected chi connectivity index (χ1v) is 9.25. The van der Waals surface area contributed by atoms with Crippen molar-refractivity contribution in [3.63, 3.8) is 0 Å². The summed E-state index contributed by atoms with van der Waals surface area (Å²) >= 11 is 1.32. The molecule has 1 atom stereocenters. The zero-order valence-electron chi connectivity index (χ0n) is 14.7. The van der Waals surface area contributed by atoms with E-state index in [1.54, 1.807) is 6.08 Å². The van der Waals surface area contributed by atoms with E-state index in [1.165, 1.54) is 24.3 Å². The van der Waals surface area contributed by atoms with Crippen molar-refractivity contribution in [1.29, 1.82) is 0 Å². The lowest BCUT2D eigenvalue weighted by atomic mass is 10.2. The normalized spacial score (nSPS) is 11.9. The Morgan fingerprint density at radius 1 is 1.07 bits per heavy atom. The van der Waals surface area contributed by atoms with Crippen molar-refractivity contribution in [2.75, 3.05) is 5.32 Å². The minimum atomic E-state index is -0.929. The summed E-state index contributed by atoms with van der Waals surface area (Å²) in [6.45, 7) is 1.52. The van der Waals surface area contributed by atoms with E-state index in [2.05, 4.69) is 10.3 Å². The number of hydrogen-bond donors (Lipinski definition) is 1. The van der Waals surface area contributed by atoms with Crippen molar-refractivity contribution in [3.05, 3.63) is 77.7 Å². The molecular weight excluding hydrogens is 360 g/mol. The molecule has 0 spiro atoms. The van der Waals surface area contributed by atoms with Gasteiger partial charge in [-0.05, 0) is 18.6 Å². The Morgan fingerprint density at radius 2 is 1.74 bits per heavy atom. The number of nitrogens with one attached hydrogen (secondary N) is 1. The van der Waals surface area contributed by atoms with Crippen LogP contribution in [0.5, 0.6) is 0 Å². The Balaban J connectivity index is 1.54. The Morgan fingerprint density at radius 3 is 2.44 bits per heavy atom. The third-order valence-electron chi connectivity index (χ3n) is 3.68. The average molecular weight is 378 g/mol. The van der Waals surface area contributed by atoms with Gasteiger partial charge in [-0.25, -0.2) is 9.78 Å². The van der Waals surface area contributed by atoms with E-state index in [4.69, 9.17) is 4.74 Å². The van der Waals surface area contributed by atoms with Gasteiger partial charge in [-0.3, -0.25) is 10.1 Å². The smallest absolute Gasteiger partial charge is 0.331 e. The zero-order valence-corrected chi connectivity index (χ0v) is 15.5. The maximum absolute atomic E-state index is 12.2. The maximum Gasteiger partial charge on any atom is 0.331 e. The lowest BCUT2D eigenvalue weighted by Crippen LogP contribution is -2.29. The molecule has 3 rings (SSSR count). The van der Waals surface area contributed by atoms with Crippen LogP contribution in [-0.4, -0.2) is 23.0 Å². The Bertz CT molecular complexity index is 936. The predicted octanol–water partition coefficient (Wildman–Crippen LogP) is 4.39. The summed E-state index contributed by atoms with van der Waals surface area (Å²) in [7, 11) is 0. The summed E-state index contributed by atoms with van der Waals surface area (Å²) in [6.07, 6.45) is 2.01. The molecule has 0 saturated heterocycles. The number of carbonyl (C=O) groups excluding carboxylic acids is 2. The maximum atomic E-state index is 12.2. The van der Waals surface area contributed by atoms with Crippen LogP contribution in [0.15, 0.2) is 72.1 Å². The van der Waals surface area contributed by atoms with Crippen molar-refractivity contribution in [2.45, 2.75) is 13.0 Å². The Labute approximate surface area is 161 Å². The number of aromatic nitrogens is 1. The number of thiazole rings is 1. The number of esters is 1. The number of ether oxygens (including phenoxy) is 1.